The van der Waals surface area contributed by atoms with Gasteiger partial charge in [0.15, 0.2) is 4.34 Å². The van der Waals surface area contributed by atoms with E-state index in [1.54, 1.807) is 11.9 Å². The summed E-state index contributed by atoms with van der Waals surface area (Å²) in [6.45, 7) is 3.59. The van der Waals surface area contributed by atoms with Gasteiger partial charge in [-0.1, -0.05) is 60.2 Å². The molecule has 0 aliphatic carbocycles. The molecule has 0 spiro atoms. The molecule has 0 fully saturated rings. The second kappa shape index (κ2) is 9.86. The third kappa shape index (κ3) is 6.30. The highest BCUT2D eigenvalue weighted by molar-refractivity contribution is 8.01. The molecule has 2 rings (SSSR count). The minimum absolute atomic E-state index is 0.0515. The highest BCUT2D eigenvalue weighted by Gasteiger charge is 2.12. The maximum atomic E-state index is 12.2. The Labute approximate surface area is 155 Å². The summed E-state index contributed by atoms with van der Waals surface area (Å²) >= 11 is 8.87. The third-order valence-electron chi connectivity index (χ3n) is 3.27. The van der Waals surface area contributed by atoms with Gasteiger partial charge in [0.25, 0.3) is 0 Å². The van der Waals surface area contributed by atoms with Gasteiger partial charge < -0.3 is 10.2 Å². The van der Waals surface area contributed by atoms with Gasteiger partial charge in [-0.2, -0.15) is 0 Å². The van der Waals surface area contributed by atoms with Crippen LogP contribution < -0.4 is 5.32 Å². The molecule has 8 heteroatoms. The summed E-state index contributed by atoms with van der Waals surface area (Å²) < 4.78 is 0.804. The summed E-state index contributed by atoms with van der Waals surface area (Å²) in [5.74, 6) is 0.399. The van der Waals surface area contributed by atoms with E-state index >= 15 is 0 Å². The van der Waals surface area contributed by atoms with Gasteiger partial charge in [-0.3, -0.25) is 4.79 Å². The molecule has 1 N–H and O–H groups in total. The van der Waals surface area contributed by atoms with Crippen LogP contribution in [-0.4, -0.2) is 40.3 Å². The smallest absolute Gasteiger partial charge is 0.233 e. The van der Waals surface area contributed by atoms with Crippen molar-refractivity contribution in [3.05, 3.63) is 34.9 Å². The fraction of sp³-hybridized carbons (Fsp3) is 0.438. The van der Waals surface area contributed by atoms with Gasteiger partial charge in [0.1, 0.15) is 0 Å². The topological polar surface area (TPSA) is 58.1 Å². The number of rotatable bonds is 9. The molecular formula is C16H21ClN4OS2. The van der Waals surface area contributed by atoms with Crippen LogP contribution in [-0.2, 0) is 11.3 Å². The lowest BCUT2D eigenvalue weighted by molar-refractivity contribution is -0.127. The largest absolute Gasteiger partial charge is 0.360 e. The number of amides is 1. The van der Waals surface area contributed by atoms with Crippen molar-refractivity contribution in [2.45, 2.75) is 30.6 Å². The minimum atomic E-state index is 0.0515. The van der Waals surface area contributed by atoms with Crippen LogP contribution in [0.1, 0.15) is 25.3 Å². The predicted molar refractivity (Wildman–Crippen MR) is 102 cm³/mol. The molecule has 0 radical (unpaired) electrons. The Morgan fingerprint density at radius 1 is 1.42 bits per heavy atom. The number of unbranched alkanes of at least 4 members (excludes halogenated alkanes) is 1. The van der Waals surface area contributed by atoms with E-state index in [1.165, 1.54) is 23.1 Å². The number of carbonyl (C=O) groups excluding carboxylic acids is 1. The van der Waals surface area contributed by atoms with E-state index in [4.69, 9.17) is 11.6 Å². The number of thioether (sulfide) groups is 1. The van der Waals surface area contributed by atoms with Crippen LogP contribution in [0.4, 0.5) is 5.13 Å². The summed E-state index contributed by atoms with van der Waals surface area (Å²) in [5, 5.41) is 12.9. The molecule has 5 nitrogen and oxygen atoms in total. The van der Waals surface area contributed by atoms with Crippen LogP contribution in [0.2, 0.25) is 5.02 Å². The number of carbonyl (C=O) groups is 1. The number of nitrogens with one attached hydrogen (secondary N) is 1. The quantitative estimate of drug-likeness (QED) is 0.519. The van der Waals surface area contributed by atoms with Crippen molar-refractivity contribution in [2.24, 2.45) is 0 Å². The first-order valence-electron chi connectivity index (χ1n) is 7.77. The molecule has 1 heterocycles. The van der Waals surface area contributed by atoms with E-state index < -0.39 is 0 Å². The van der Waals surface area contributed by atoms with E-state index in [1.807, 2.05) is 24.3 Å². The molecule has 1 amide bonds. The summed E-state index contributed by atoms with van der Waals surface area (Å²) in [6.07, 6.45) is 2.25. The molecule has 0 bridgehead atoms. The first-order valence-corrected chi connectivity index (χ1v) is 9.95. The van der Waals surface area contributed by atoms with Gasteiger partial charge in [-0.15, -0.1) is 10.2 Å². The molecule has 130 valence electrons. The number of hydrogen-bond acceptors (Lipinski definition) is 6. The number of benzene rings is 1. The molecule has 0 unspecified atom stereocenters. The fourth-order valence-corrected chi connectivity index (χ4v) is 3.87. The molecule has 0 atom stereocenters. The van der Waals surface area contributed by atoms with E-state index in [2.05, 4.69) is 22.4 Å². The standard InChI is InChI=1S/C16H21ClN4OS2/c1-3-4-8-18-15-19-20-16(24-15)23-11-14(22)21(2)10-12-6-5-7-13(17)9-12/h5-7,9H,3-4,8,10-11H2,1-2H3,(H,18,19). The monoisotopic (exact) mass is 384 g/mol. The van der Waals surface area contributed by atoms with Crippen molar-refractivity contribution < 1.29 is 4.79 Å². The van der Waals surface area contributed by atoms with Crippen LogP contribution >= 0.6 is 34.7 Å². The van der Waals surface area contributed by atoms with E-state index in [9.17, 15) is 4.79 Å². The molecule has 0 saturated heterocycles. The van der Waals surface area contributed by atoms with Crippen LogP contribution in [0.15, 0.2) is 28.6 Å². The molecule has 0 saturated carbocycles. The van der Waals surface area contributed by atoms with Crippen LogP contribution in [0, 0.1) is 0 Å². The van der Waals surface area contributed by atoms with Crippen molar-refractivity contribution in [2.75, 3.05) is 24.7 Å². The average molecular weight is 385 g/mol. The molecule has 0 aliphatic heterocycles. The number of aromatic nitrogens is 2. The fourth-order valence-electron chi connectivity index (χ4n) is 1.94. The zero-order chi connectivity index (χ0) is 17.4. The lowest BCUT2D eigenvalue weighted by atomic mass is 10.2. The van der Waals surface area contributed by atoms with Crippen molar-refractivity contribution in [3.8, 4) is 0 Å². The Kier molecular flexibility index (Phi) is 7.81. The van der Waals surface area contributed by atoms with Crippen molar-refractivity contribution in [1.82, 2.24) is 15.1 Å². The number of hydrogen-bond donors (Lipinski definition) is 1. The van der Waals surface area contributed by atoms with Gasteiger partial charge in [-0.05, 0) is 24.1 Å². The maximum absolute atomic E-state index is 12.2. The number of nitrogens with zero attached hydrogens (tertiary/aromatic N) is 3. The lowest BCUT2D eigenvalue weighted by Crippen LogP contribution is -2.27. The van der Waals surface area contributed by atoms with E-state index in [0.29, 0.717) is 17.3 Å². The first kappa shape index (κ1) is 19.0. The predicted octanol–water partition coefficient (Wildman–Crippen LogP) is 4.15. The lowest BCUT2D eigenvalue weighted by Gasteiger charge is -2.16. The second-order valence-corrected chi connectivity index (χ2v) is 7.96. The SMILES string of the molecule is CCCCNc1nnc(SCC(=O)N(C)Cc2cccc(Cl)c2)s1. The Bertz CT molecular complexity index is 665. The Morgan fingerprint density at radius 3 is 3.00 bits per heavy atom. The Morgan fingerprint density at radius 2 is 2.25 bits per heavy atom. The highest BCUT2D eigenvalue weighted by Crippen LogP contribution is 2.25. The summed E-state index contributed by atoms with van der Waals surface area (Å²) in [7, 11) is 1.79. The van der Waals surface area contributed by atoms with Crippen molar-refractivity contribution in [1.29, 1.82) is 0 Å². The third-order valence-corrected chi connectivity index (χ3v) is 5.50. The van der Waals surface area contributed by atoms with Gasteiger partial charge >= 0.3 is 0 Å². The van der Waals surface area contributed by atoms with Gasteiger partial charge in [0.2, 0.25) is 11.0 Å². The average Bonchev–Trinajstić information content (AvgIpc) is 3.00. The van der Waals surface area contributed by atoms with Crippen LogP contribution in [0.3, 0.4) is 0 Å². The van der Waals surface area contributed by atoms with Gasteiger partial charge in [0, 0.05) is 25.2 Å². The van der Waals surface area contributed by atoms with Crippen molar-refractivity contribution >= 4 is 45.7 Å². The zero-order valence-corrected chi connectivity index (χ0v) is 16.2. The Balaban J connectivity index is 1.77. The molecule has 1 aromatic carbocycles. The highest BCUT2D eigenvalue weighted by atomic mass is 35.5. The Hall–Kier alpha value is -1.31. The summed E-state index contributed by atoms with van der Waals surface area (Å²) in [5.41, 5.74) is 1.02. The molecule has 1 aromatic heterocycles. The number of halogens is 1. The van der Waals surface area contributed by atoms with E-state index in [-0.39, 0.29) is 5.91 Å². The molecular weight excluding hydrogens is 364 g/mol. The van der Waals surface area contributed by atoms with Crippen molar-refractivity contribution in [3.63, 3.8) is 0 Å². The molecule has 2 aromatic rings. The first-order chi connectivity index (χ1) is 11.6. The minimum Gasteiger partial charge on any atom is -0.360 e. The maximum Gasteiger partial charge on any atom is 0.233 e. The summed E-state index contributed by atoms with van der Waals surface area (Å²) in [4.78, 5) is 13.9. The van der Waals surface area contributed by atoms with Crippen LogP contribution in [0.5, 0.6) is 0 Å². The van der Waals surface area contributed by atoms with Crippen LogP contribution in [0.25, 0.3) is 0 Å². The second-order valence-electron chi connectivity index (χ2n) is 5.32. The summed E-state index contributed by atoms with van der Waals surface area (Å²) in [6, 6.07) is 7.54. The normalized spacial score (nSPS) is 10.6. The van der Waals surface area contributed by atoms with E-state index in [0.717, 1.165) is 34.4 Å². The van der Waals surface area contributed by atoms with Gasteiger partial charge in [0.05, 0.1) is 5.75 Å². The molecule has 24 heavy (non-hydrogen) atoms. The van der Waals surface area contributed by atoms with Gasteiger partial charge in [-0.25, -0.2) is 0 Å². The zero-order valence-electron chi connectivity index (χ0n) is 13.8. The molecule has 0 aliphatic rings. The number of anilines is 1.